The highest BCUT2D eigenvalue weighted by atomic mass is 16.5. The van der Waals surface area contributed by atoms with E-state index >= 15 is 0 Å². The van der Waals surface area contributed by atoms with Gasteiger partial charge >= 0.3 is 6.03 Å². The molecule has 0 radical (unpaired) electrons. The smallest absolute Gasteiger partial charge is 0.319 e. The number of nitrogens with zero attached hydrogens (tertiary/aromatic N) is 1. The quantitative estimate of drug-likeness (QED) is 0.767. The molecule has 0 aromatic carbocycles. The van der Waals surface area contributed by atoms with Crippen LogP contribution in [0, 0.1) is 5.92 Å². The van der Waals surface area contributed by atoms with Gasteiger partial charge in [-0.15, -0.1) is 0 Å². The fourth-order valence-corrected chi connectivity index (χ4v) is 2.45. The number of carbonyl (C=O) groups is 2. The Morgan fingerprint density at radius 2 is 2.23 bits per heavy atom. The predicted octanol–water partition coefficient (Wildman–Crippen LogP) is 1.46. The standard InChI is InChI=1S/C15H22N4O3/c1-8(2)5-11-6-12(22-19-11)7-16-14(20)13-9(3)17-15(21)18-10(13)4/h6,8-9H,5,7H2,1-4H3,(H,16,20)(H2,17,18,21). The fourth-order valence-electron chi connectivity index (χ4n) is 2.45. The van der Waals surface area contributed by atoms with E-state index in [0.717, 1.165) is 12.1 Å². The van der Waals surface area contributed by atoms with Crippen LogP contribution in [-0.4, -0.2) is 23.1 Å². The molecule has 0 saturated carbocycles. The van der Waals surface area contributed by atoms with Crippen LogP contribution in [0.5, 0.6) is 0 Å². The second kappa shape index (κ2) is 6.64. The van der Waals surface area contributed by atoms with Gasteiger partial charge in [0.05, 0.1) is 23.9 Å². The van der Waals surface area contributed by atoms with Crippen molar-refractivity contribution in [2.24, 2.45) is 5.92 Å². The van der Waals surface area contributed by atoms with Crippen molar-refractivity contribution in [2.45, 2.75) is 46.7 Å². The predicted molar refractivity (Wildman–Crippen MR) is 80.7 cm³/mol. The van der Waals surface area contributed by atoms with Crippen LogP contribution >= 0.6 is 0 Å². The molecular formula is C15H22N4O3. The summed E-state index contributed by atoms with van der Waals surface area (Å²) in [5, 5.41) is 12.0. The van der Waals surface area contributed by atoms with E-state index in [2.05, 4.69) is 35.0 Å². The summed E-state index contributed by atoms with van der Waals surface area (Å²) in [6.45, 7) is 7.96. The SMILES string of the molecule is CC1=C(C(=O)NCc2cc(CC(C)C)no2)C(C)NC(=O)N1. The molecule has 1 aromatic rings. The van der Waals surface area contributed by atoms with E-state index < -0.39 is 0 Å². The number of nitrogens with one attached hydrogen (secondary N) is 3. The monoisotopic (exact) mass is 306 g/mol. The Bertz CT molecular complexity index is 604. The molecule has 3 amide bonds. The highest BCUT2D eigenvalue weighted by Crippen LogP contribution is 2.13. The molecule has 0 aliphatic carbocycles. The number of aromatic nitrogens is 1. The maximum absolute atomic E-state index is 12.3. The van der Waals surface area contributed by atoms with Crippen molar-refractivity contribution in [3.05, 3.63) is 28.8 Å². The number of rotatable bonds is 5. The molecule has 22 heavy (non-hydrogen) atoms. The lowest BCUT2D eigenvalue weighted by Gasteiger charge is -2.25. The molecule has 1 aliphatic rings. The highest BCUT2D eigenvalue weighted by molar-refractivity contribution is 5.98. The summed E-state index contributed by atoms with van der Waals surface area (Å²) in [5.41, 5.74) is 1.96. The third-order valence-corrected chi connectivity index (χ3v) is 3.38. The van der Waals surface area contributed by atoms with Gasteiger partial charge in [0, 0.05) is 11.8 Å². The van der Waals surface area contributed by atoms with Crippen LogP contribution in [0.3, 0.4) is 0 Å². The zero-order chi connectivity index (χ0) is 16.3. The number of carbonyl (C=O) groups excluding carboxylic acids is 2. The summed E-state index contributed by atoms with van der Waals surface area (Å²) < 4.78 is 5.21. The van der Waals surface area contributed by atoms with Crippen molar-refractivity contribution in [2.75, 3.05) is 0 Å². The lowest BCUT2D eigenvalue weighted by molar-refractivity contribution is -0.118. The molecule has 120 valence electrons. The number of allylic oxidation sites excluding steroid dienone is 1. The Labute approximate surface area is 129 Å². The van der Waals surface area contributed by atoms with Gasteiger partial charge in [0.25, 0.3) is 5.91 Å². The minimum Gasteiger partial charge on any atom is -0.359 e. The number of hydrogen-bond donors (Lipinski definition) is 3. The van der Waals surface area contributed by atoms with Gasteiger partial charge < -0.3 is 20.5 Å². The van der Waals surface area contributed by atoms with E-state index in [1.807, 2.05) is 6.07 Å². The summed E-state index contributed by atoms with van der Waals surface area (Å²) in [4.78, 5) is 23.6. The molecule has 1 atom stereocenters. The lowest BCUT2D eigenvalue weighted by atomic mass is 10.0. The number of amides is 3. The van der Waals surface area contributed by atoms with E-state index in [0.29, 0.717) is 22.9 Å². The fraction of sp³-hybridized carbons (Fsp3) is 0.533. The third-order valence-electron chi connectivity index (χ3n) is 3.38. The molecule has 2 heterocycles. The summed E-state index contributed by atoms with van der Waals surface area (Å²) in [5.74, 6) is 0.875. The average molecular weight is 306 g/mol. The first-order chi connectivity index (χ1) is 10.4. The summed E-state index contributed by atoms with van der Waals surface area (Å²) in [7, 11) is 0. The van der Waals surface area contributed by atoms with Crippen molar-refractivity contribution in [1.82, 2.24) is 21.1 Å². The summed E-state index contributed by atoms with van der Waals surface area (Å²) in [6.07, 6.45) is 0.842. The number of hydrogen-bond acceptors (Lipinski definition) is 4. The molecule has 1 aromatic heterocycles. The summed E-state index contributed by atoms with van der Waals surface area (Å²) in [6, 6.07) is 1.22. The third kappa shape index (κ3) is 3.87. The molecule has 2 rings (SSSR count). The molecule has 7 nitrogen and oxygen atoms in total. The van der Waals surface area contributed by atoms with Gasteiger partial charge in [0.2, 0.25) is 0 Å². The van der Waals surface area contributed by atoms with Crippen LogP contribution in [0.4, 0.5) is 4.79 Å². The maximum atomic E-state index is 12.3. The molecule has 7 heteroatoms. The van der Waals surface area contributed by atoms with Crippen LogP contribution in [0.25, 0.3) is 0 Å². The molecule has 3 N–H and O–H groups in total. The average Bonchev–Trinajstić information content (AvgIpc) is 2.81. The molecule has 0 fully saturated rings. The molecule has 0 bridgehead atoms. The minimum absolute atomic E-state index is 0.237. The molecular weight excluding hydrogens is 284 g/mol. The Balaban J connectivity index is 1.96. The van der Waals surface area contributed by atoms with Crippen LogP contribution < -0.4 is 16.0 Å². The Kier molecular flexibility index (Phi) is 4.85. The van der Waals surface area contributed by atoms with Crippen LogP contribution in [0.1, 0.15) is 39.1 Å². The normalized spacial score (nSPS) is 18.2. The second-order valence-corrected chi connectivity index (χ2v) is 5.92. The second-order valence-electron chi connectivity index (χ2n) is 5.92. The first-order valence-electron chi connectivity index (χ1n) is 7.37. The van der Waals surface area contributed by atoms with E-state index in [1.54, 1.807) is 13.8 Å². The van der Waals surface area contributed by atoms with E-state index in [1.165, 1.54) is 0 Å². The van der Waals surface area contributed by atoms with Crippen LogP contribution in [0.15, 0.2) is 21.9 Å². The van der Waals surface area contributed by atoms with Gasteiger partial charge in [-0.25, -0.2) is 4.79 Å². The molecule has 1 aliphatic heterocycles. The van der Waals surface area contributed by atoms with Gasteiger partial charge in [0.15, 0.2) is 5.76 Å². The van der Waals surface area contributed by atoms with Crippen molar-refractivity contribution >= 4 is 11.9 Å². The molecule has 0 saturated heterocycles. The topological polar surface area (TPSA) is 96.3 Å². The first-order valence-corrected chi connectivity index (χ1v) is 7.37. The van der Waals surface area contributed by atoms with E-state index in [-0.39, 0.29) is 24.5 Å². The van der Waals surface area contributed by atoms with E-state index in [4.69, 9.17) is 4.52 Å². The minimum atomic E-state index is -0.333. The largest absolute Gasteiger partial charge is 0.359 e. The zero-order valence-corrected chi connectivity index (χ0v) is 13.3. The zero-order valence-electron chi connectivity index (χ0n) is 13.3. The Morgan fingerprint density at radius 3 is 2.86 bits per heavy atom. The van der Waals surface area contributed by atoms with Crippen LogP contribution in [0.2, 0.25) is 0 Å². The molecule has 0 spiro atoms. The van der Waals surface area contributed by atoms with Crippen molar-refractivity contribution in [3.63, 3.8) is 0 Å². The van der Waals surface area contributed by atoms with E-state index in [9.17, 15) is 9.59 Å². The van der Waals surface area contributed by atoms with Crippen molar-refractivity contribution in [1.29, 1.82) is 0 Å². The van der Waals surface area contributed by atoms with Gasteiger partial charge in [-0.2, -0.15) is 0 Å². The van der Waals surface area contributed by atoms with Crippen molar-refractivity contribution in [3.8, 4) is 0 Å². The summed E-state index contributed by atoms with van der Waals surface area (Å²) >= 11 is 0. The van der Waals surface area contributed by atoms with Gasteiger partial charge in [-0.05, 0) is 26.2 Å². The lowest BCUT2D eigenvalue weighted by Crippen LogP contribution is -2.50. The van der Waals surface area contributed by atoms with Gasteiger partial charge in [-0.1, -0.05) is 19.0 Å². The maximum Gasteiger partial charge on any atom is 0.319 e. The Morgan fingerprint density at radius 1 is 1.50 bits per heavy atom. The van der Waals surface area contributed by atoms with Crippen LogP contribution in [-0.2, 0) is 17.8 Å². The molecule has 1 unspecified atom stereocenters. The van der Waals surface area contributed by atoms with Crippen molar-refractivity contribution < 1.29 is 14.1 Å². The van der Waals surface area contributed by atoms with Gasteiger partial charge in [0.1, 0.15) is 0 Å². The highest BCUT2D eigenvalue weighted by Gasteiger charge is 2.26. The van der Waals surface area contributed by atoms with Gasteiger partial charge in [-0.3, -0.25) is 4.79 Å². The first kappa shape index (κ1) is 16.1. The number of urea groups is 1. The Hall–Kier alpha value is -2.31.